The number of carboxylic acids is 1. The van der Waals surface area contributed by atoms with Gasteiger partial charge in [-0.3, -0.25) is 10.2 Å². The summed E-state index contributed by atoms with van der Waals surface area (Å²) in [6.45, 7) is 6.34. The summed E-state index contributed by atoms with van der Waals surface area (Å²) in [5.41, 5.74) is 5.80. The Bertz CT molecular complexity index is 1250. The van der Waals surface area contributed by atoms with Crippen molar-refractivity contribution in [1.29, 1.82) is 5.41 Å². The third kappa shape index (κ3) is 4.80. The molecule has 0 aliphatic rings. The predicted molar refractivity (Wildman–Crippen MR) is 127 cm³/mol. The number of fused-ring (bicyclic) bond motifs is 1. The fourth-order valence-corrected chi connectivity index (χ4v) is 4.61. The molecule has 174 valence electrons. The minimum absolute atomic E-state index is 0.000633. The zero-order valence-electron chi connectivity index (χ0n) is 18.7. The zero-order chi connectivity index (χ0) is 24.5. The maximum Gasteiger partial charge on any atom is 0.335 e. The van der Waals surface area contributed by atoms with Crippen LogP contribution in [0.1, 0.15) is 36.7 Å². The highest BCUT2D eigenvalue weighted by atomic mass is 32.1. The van der Waals surface area contributed by atoms with Crippen LogP contribution in [0, 0.1) is 16.6 Å². The Morgan fingerprint density at radius 1 is 1.24 bits per heavy atom. The SMILES string of the molecule is CCN(CC(C)(C)C(=O)OC)c1nc2c(-c3ccc(C(=N)N)cc3F)cc(C(=O)O)cc2s1. The summed E-state index contributed by atoms with van der Waals surface area (Å²) < 4.78 is 20.4. The molecule has 4 N–H and O–H groups in total. The Morgan fingerprint density at radius 2 is 1.94 bits per heavy atom. The molecule has 1 aromatic heterocycles. The van der Waals surface area contributed by atoms with Gasteiger partial charge < -0.3 is 20.5 Å². The van der Waals surface area contributed by atoms with Crippen LogP contribution in [0.4, 0.5) is 9.52 Å². The number of nitrogen functional groups attached to an aromatic ring is 1. The van der Waals surface area contributed by atoms with Gasteiger partial charge in [-0.05, 0) is 39.0 Å². The Kier molecular flexibility index (Phi) is 6.68. The molecular weight excluding hydrogens is 447 g/mol. The molecule has 0 saturated carbocycles. The van der Waals surface area contributed by atoms with E-state index in [-0.39, 0.29) is 28.5 Å². The van der Waals surface area contributed by atoms with E-state index in [4.69, 9.17) is 20.9 Å². The lowest BCUT2D eigenvalue weighted by molar-refractivity contribution is -0.150. The van der Waals surface area contributed by atoms with E-state index in [1.165, 1.54) is 42.7 Å². The molecule has 10 heteroatoms. The van der Waals surface area contributed by atoms with Crippen LogP contribution in [0.25, 0.3) is 21.3 Å². The van der Waals surface area contributed by atoms with E-state index in [0.29, 0.717) is 34.0 Å². The number of anilines is 1. The first-order chi connectivity index (χ1) is 15.5. The fourth-order valence-electron chi connectivity index (χ4n) is 3.52. The largest absolute Gasteiger partial charge is 0.478 e. The summed E-state index contributed by atoms with van der Waals surface area (Å²) >= 11 is 1.27. The molecule has 0 atom stereocenters. The number of nitrogens with one attached hydrogen (secondary N) is 1. The number of hydrogen-bond acceptors (Lipinski definition) is 7. The number of rotatable bonds is 8. The average Bonchev–Trinajstić information content (AvgIpc) is 3.20. The van der Waals surface area contributed by atoms with Crippen molar-refractivity contribution in [2.45, 2.75) is 20.8 Å². The standard InChI is InChI=1S/C23H25FN4O4S/c1-5-28(11-23(2,3)21(31)32-4)22-27-18-15(8-13(20(29)30)10-17(18)33-22)14-7-6-12(19(25)26)9-16(14)24/h6-10H,5,11H2,1-4H3,(H3,25,26)(H,29,30). The molecule has 8 nitrogen and oxygen atoms in total. The van der Waals surface area contributed by atoms with Gasteiger partial charge in [-0.15, -0.1) is 0 Å². The lowest BCUT2D eigenvalue weighted by Gasteiger charge is -2.29. The quantitative estimate of drug-likeness (QED) is 0.255. The van der Waals surface area contributed by atoms with Gasteiger partial charge >= 0.3 is 11.9 Å². The number of ether oxygens (including phenoxy) is 1. The number of carbonyl (C=O) groups is 2. The number of halogens is 1. The first-order valence-corrected chi connectivity index (χ1v) is 11.0. The van der Waals surface area contributed by atoms with Gasteiger partial charge in [0.05, 0.1) is 28.3 Å². The van der Waals surface area contributed by atoms with E-state index >= 15 is 0 Å². The third-order valence-electron chi connectivity index (χ3n) is 5.28. The summed E-state index contributed by atoms with van der Waals surface area (Å²) in [5.74, 6) is -2.41. The van der Waals surface area contributed by atoms with Crippen LogP contribution in [0.2, 0.25) is 0 Å². The first-order valence-electron chi connectivity index (χ1n) is 10.1. The van der Waals surface area contributed by atoms with Crippen LogP contribution in [0.15, 0.2) is 30.3 Å². The third-order valence-corrected chi connectivity index (χ3v) is 6.34. The second-order valence-electron chi connectivity index (χ2n) is 8.17. The number of hydrogen-bond donors (Lipinski definition) is 3. The monoisotopic (exact) mass is 472 g/mol. The number of carbonyl (C=O) groups excluding carboxylic acids is 1. The van der Waals surface area contributed by atoms with Gasteiger partial charge in [0.15, 0.2) is 5.13 Å². The predicted octanol–water partition coefficient (Wildman–Crippen LogP) is 4.11. The van der Waals surface area contributed by atoms with Gasteiger partial charge in [0, 0.05) is 29.8 Å². The first kappa shape index (κ1) is 24.1. The van der Waals surface area contributed by atoms with E-state index in [9.17, 15) is 19.1 Å². The molecule has 3 rings (SSSR count). The fraction of sp³-hybridized carbons (Fsp3) is 0.304. The molecule has 0 spiro atoms. The molecule has 0 fully saturated rings. The highest BCUT2D eigenvalue weighted by Crippen LogP contribution is 2.38. The van der Waals surface area contributed by atoms with E-state index in [1.807, 2.05) is 11.8 Å². The molecule has 0 saturated heterocycles. The Labute approximate surface area is 194 Å². The van der Waals surface area contributed by atoms with Crippen LogP contribution in [0.3, 0.4) is 0 Å². The highest BCUT2D eigenvalue weighted by molar-refractivity contribution is 7.22. The summed E-state index contributed by atoms with van der Waals surface area (Å²) in [4.78, 5) is 30.5. The summed E-state index contributed by atoms with van der Waals surface area (Å²) in [5, 5.41) is 17.7. The molecule has 0 aliphatic carbocycles. The van der Waals surface area contributed by atoms with Crippen molar-refractivity contribution in [3.05, 3.63) is 47.3 Å². The molecule has 33 heavy (non-hydrogen) atoms. The lowest BCUT2D eigenvalue weighted by atomic mass is 9.93. The van der Waals surface area contributed by atoms with Gasteiger partial charge in [0.1, 0.15) is 11.7 Å². The number of benzene rings is 2. The zero-order valence-corrected chi connectivity index (χ0v) is 19.5. The van der Waals surface area contributed by atoms with E-state index in [0.717, 1.165) is 6.07 Å². The number of carboxylic acid groups (broad SMARTS) is 1. The van der Waals surface area contributed by atoms with Crippen molar-refractivity contribution >= 4 is 44.5 Å². The van der Waals surface area contributed by atoms with Crippen LogP contribution >= 0.6 is 11.3 Å². The highest BCUT2D eigenvalue weighted by Gasteiger charge is 2.32. The van der Waals surface area contributed by atoms with Gasteiger partial charge in [-0.25, -0.2) is 14.2 Å². The van der Waals surface area contributed by atoms with Crippen LogP contribution < -0.4 is 10.6 Å². The van der Waals surface area contributed by atoms with Crippen LogP contribution in [0.5, 0.6) is 0 Å². The molecule has 1 heterocycles. The molecular formula is C23H25FN4O4S. The van der Waals surface area contributed by atoms with Crippen molar-refractivity contribution < 1.29 is 23.8 Å². The number of methoxy groups -OCH3 is 1. The van der Waals surface area contributed by atoms with Gasteiger partial charge in [-0.2, -0.15) is 0 Å². The summed E-state index contributed by atoms with van der Waals surface area (Å²) in [7, 11) is 1.34. The summed E-state index contributed by atoms with van der Waals surface area (Å²) in [6, 6.07) is 6.99. The molecule has 2 aromatic carbocycles. The van der Waals surface area contributed by atoms with Gasteiger partial charge in [-0.1, -0.05) is 23.5 Å². The van der Waals surface area contributed by atoms with Crippen LogP contribution in [-0.4, -0.2) is 48.1 Å². The second kappa shape index (κ2) is 9.14. The number of esters is 1. The average molecular weight is 473 g/mol. The van der Waals surface area contributed by atoms with Crippen molar-refractivity contribution in [2.75, 3.05) is 25.1 Å². The van der Waals surface area contributed by atoms with Crippen LogP contribution in [-0.2, 0) is 9.53 Å². The smallest absolute Gasteiger partial charge is 0.335 e. The molecule has 0 unspecified atom stereocenters. The molecule has 0 aliphatic heterocycles. The molecule has 0 radical (unpaired) electrons. The number of nitrogens with zero attached hydrogens (tertiary/aromatic N) is 2. The van der Waals surface area contributed by atoms with E-state index in [2.05, 4.69) is 0 Å². The minimum atomic E-state index is -1.15. The number of nitrogens with two attached hydrogens (primary N) is 1. The lowest BCUT2D eigenvalue weighted by Crippen LogP contribution is -2.40. The Hall–Kier alpha value is -3.53. The number of thiazole rings is 1. The maximum absolute atomic E-state index is 15.0. The van der Waals surface area contributed by atoms with Gasteiger partial charge in [0.25, 0.3) is 0 Å². The van der Waals surface area contributed by atoms with Crippen molar-refractivity contribution in [1.82, 2.24) is 4.98 Å². The molecule has 0 bridgehead atoms. The van der Waals surface area contributed by atoms with Gasteiger partial charge in [0.2, 0.25) is 0 Å². The topological polar surface area (TPSA) is 130 Å². The maximum atomic E-state index is 15.0. The second-order valence-corrected chi connectivity index (χ2v) is 9.18. The Morgan fingerprint density at radius 3 is 2.48 bits per heavy atom. The number of aromatic nitrogens is 1. The van der Waals surface area contributed by atoms with E-state index < -0.39 is 17.2 Å². The summed E-state index contributed by atoms with van der Waals surface area (Å²) in [6.07, 6.45) is 0. The number of aromatic carboxylic acids is 1. The Balaban J connectivity index is 2.17. The van der Waals surface area contributed by atoms with Crippen molar-refractivity contribution in [3.8, 4) is 11.1 Å². The van der Waals surface area contributed by atoms with Crippen molar-refractivity contribution in [2.24, 2.45) is 11.1 Å². The molecule has 3 aromatic rings. The minimum Gasteiger partial charge on any atom is -0.478 e. The van der Waals surface area contributed by atoms with Crippen molar-refractivity contribution in [3.63, 3.8) is 0 Å². The normalized spacial score (nSPS) is 11.4. The molecule has 0 amide bonds. The number of amidine groups is 1. The van der Waals surface area contributed by atoms with E-state index in [1.54, 1.807) is 13.8 Å².